The van der Waals surface area contributed by atoms with Crippen LogP contribution in [0.5, 0.6) is 11.5 Å². The van der Waals surface area contributed by atoms with Gasteiger partial charge in [0.05, 0.1) is 18.0 Å². The van der Waals surface area contributed by atoms with Crippen molar-refractivity contribution in [2.24, 2.45) is 13.0 Å². The second kappa shape index (κ2) is 12.1. The maximum absolute atomic E-state index is 12.9. The van der Waals surface area contributed by atoms with Crippen molar-refractivity contribution in [2.45, 2.75) is 46.5 Å². The Labute approximate surface area is 201 Å². The molecule has 0 radical (unpaired) electrons. The molecule has 1 aromatic heterocycles. The molecule has 7 heteroatoms. The van der Waals surface area contributed by atoms with Crippen LogP contribution in [0.2, 0.25) is 0 Å². The molecule has 0 bridgehead atoms. The Balaban J connectivity index is 1.55. The van der Waals surface area contributed by atoms with Crippen molar-refractivity contribution in [1.82, 2.24) is 9.36 Å². The van der Waals surface area contributed by atoms with E-state index in [4.69, 9.17) is 9.47 Å². The highest BCUT2D eigenvalue weighted by Gasteiger charge is 2.18. The van der Waals surface area contributed by atoms with E-state index >= 15 is 0 Å². The molecule has 0 spiro atoms. The first-order valence-electron chi connectivity index (χ1n) is 11.9. The average molecular weight is 466 g/mol. The van der Waals surface area contributed by atoms with Gasteiger partial charge in [0.2, 0.25) is 0 Å². The fourth-order valence-electron chi connectivity index (χ4n) is 3.78. The molecule has 2 aromatic carbocycles. The summed E-state index contributed by atoms with van der Waals surface area (Å²) in [5.41, 5.74) is 1.35. The molecule has 3 aromatic rings. The highest BCUT2D eigenvalue weighted by Crippen LogP contribution is 2.20. The standard InChI is InChI=1S/C27H35N3O4/c1-5-7-11-21(6-2)18-33-23-14-16-24(17-15-23)34-19-25(31)28-26-20(3)29(4)30(27(26)32)22-12-9-8-10-13-22/h8-10,12-17,21H,5-7,11,18-19H2,1-4H3,(H,28,31). The number of benzene rings is 2. The van der Waals surface area contributed by atoms with E-state index in [-0.39, 0.29) is 17.9 Å². The van der Waals surface area contributed by atoms with E-state index in [9.17, 15) is 9.59 Å². The Morgan fingerprint density at radius 1 is 1.00 bits per heavy atom. The Kier molecular flexibility index (Phi) is 8.96. The lowest BCUT2D eigenvalue weighted by atomic mass is 10.0. The smallest absolute Gasteiger partial charge is 0.295 e. The van der Waals surface area contributed by atoms with E-state index in [2.05, 4.69) is 19.2 Å². The zero-order valence-electron chi connectivity index (χ0n) is 20.5. The molecular weight excluding hydrogens is 430 g/mol. The number of anilines is 1. The third-order valence-corrected chi connectivity index (χ3v) is 6.04. The van der Waals surface area contributed by atoms with Crippen LogP contribution < -0.4 is 20.3 Å². The van der Waals surface area contributed by atoms with Gasteiger partial charge in [-0.3, -0.25) is 14.3 Å². The topological polar surface area (TPSA) is 74.5 Å². The van der Waals surface area contributed by atoms with Crippen LogP contribution in [0.1, 0.15) is 45.2 Å². The van der Waals surface area contributed by atoms with E-state index in [1.165, 1.54) is 23.9 Å². The third kappa shape index (κ3) is 6.31. The number of nitrogens with zero attached hydrogens (tertiary/aromatic N) is 2. The number of nitrogens with one attached hydrogen (secondary N) is 1. The molecule has 0 aliphatic heterocycles. The van der Waals surface area contributed by atoms with Gasteiger partial charge in [0, 0.05) is 7.05 Å². The molecule has 7 nitrogen and oxygen atoms in total. The Bertz CT molecular complexity index is 1120. The van der Waals surface area contributed by atoms with Crippen molar-refractivity contribution in [1.29, 1.82) is 0 Å². The third-order valence-electron chi connectivity index (χ3n) is 6.04. The number of ether oxygens (including phenoxy) is 2. The largest absolute Gasteiger partial charge is 0.493 e. The van der Waals surface area contributed by atoms with Gasteiger partial charge >= 0.3 is 0 Å². The first-order valence-corrected chi connectivity index (χ1v) is 11.9. The number of carbonyl (C=O) groups is 1. The minimum Gasteiger partial charge on any atom is -0.493 e. The van der Waals surface area contributed by atoms with Gasteiger partial charge in [0.25, 0.3) is 11.5 Å². The summed E-state index contributed by atoms with van der Waals surface area (Å²) < 4.78 is 14.8. The summed E-state index contributed by atoms with van der Waals surface area (Å²) in [5, 5.41) is 2.70. The van der Waals surface area contributed by atoms with Crippen LogP contribution in [0.3, 0.4) is 0 Å². The predicted octanol–water partition coefficient (Wildman–Crippen LogP) is 5.10. The molecule has 0 aliphatic carbocycles. The summed E-state index contributed by atoms with van der Waals surface area (Å²) >= 11 is 0. The summed E-state index contributed by atoms with van der Waals surface area (Å²) in [6.07, 6.45) is 4.71. The monoisotopic (exact) mass is 465 g/mol. The fraction of sp³-hybridized carbons (Fsp3) is 0.407. The van der Waals surface area contributed by atoms with Crippen molar-refractivity contribution in [3.8, 4) is 17.2 Å². The lowest BCUT2D eigenvalue weighted by molar-refractivity contribution is -0.118. The number of amides is 1. The minimum atomic E-state index is -0.395. The van der Waals surface area contributed by atoms with Crippen LogP contribution in [-0.2, 0) is 11.8 Å². The first-order chi connectivity index (χ1) is 16.4. The zero-order valence-corrected chi connectivity index (χ0v) is 20.5. The molecule has 1 amide bonds. The van der Waals surface area contributed by atoms with E-state index in [0.717, 1.165) is 17.9 Å². The van der Waals surface area contributed by atoms with E-state index < -0.39 is 5.91 Å². The van der Waals surface area contributed by atoms with Crippen LogP contribution in [0.4, 0.5) is 5.69 Å². The van der Waals surface area contributed by atoms with Gasteiger partial charge < -0.3 is 14.8 Å². The highest BCUT2D eigenvalue weighted by atomic mass is 16.5. The Morgan fingerprint density at radius 3 is 2.26 bits per heavy atom. The number of para-hydroxylation sites is 1. The summed E-state index contributed by atoms with van der Waals surface area (Å²) in [7, 11) is 1.78. The van der Waals surface area contributed by atoms with Gasteiger partial charge in [-0.1, -0.05) is 51.3 Å². The van der Waals surface area contributed by atoms with Crippen molar-refractivity contribution >= 4 is 11.6 Å². The van der Waals surface area contributed by atoms with Crippen molar-refractivity contribution in [2.75, 3.05) is 18.5 Å². The Hall–Kier alpha value is -3.48. The maximum atomic E-state index is 12.9. The van der Waals surface area contributed by atoms with Gasteiger partial charge in [-0.25, -0.2) is 4.68 Å². The lowest BCUT2D eigenvalue weighted by Gasteiger charge is -2.15. The van der Waals surface area contributed by atoms with E-state index in [0.29, 0.717) is 24.0 Å². The summed E-state index contributed by atoms with van der Waals surface area (Å²) in [6, 6.07) is 16.6. The van der Waals surface area contributed by atoms with Crippen molar-refractivity contribution in [3.63, 3.8) is 0 Å². The minimum absolute atomic E-state index is 0.200. The number of hydrogen-bond donors (Lipinski definition) is 1. The van der Waals surface area contributed by atoms with Crippen LogP contribution in [-0.4, -0.2) is 28.5 Å². The van der Waals surface area contributed by atoms with Gasteiger partial charge in [-0.15, -0.1) is 0 Å². The summed E-state index contributed by atoms with van der Waals surface area (Å²) in [5.74, 6) is 1.51. The predicted molar refractivity (Wildman–Crippen MR) is 135 cm³/mol. The van der Waals surface area contributed by atoms with Gasteiger partial charge in [0.1, 0.15) is 17.2 Å². The molecule has 0 aliphatic rings. The Morgan fingerprint density at radius 2 is 1.65 bits per heavy atom. The number of hydrogen-bond acceptors (Lipinski definition) is 4. The van der Waals surface area contributed by atoms with Crippen molar-refractivity contribution < 1.29 is 14.3 Å². The second-order valence-corrected chi connectivity index (χ2v) is 8.47. The van der Waals surface area contributed by atoms with Crippen LogP contribution in [0.15, 0.2) is 59.4 Å². The molecule has 0 saturated heterocycles. The number of unbranched alkanes of at least 4 members (excludes halogenated alkanes) is 1. The normalized spacial score (nSPS) is 11.8. The maximum Gasteiger partial charge on any atom is 0.295 e. The zero-order chi connectivity index (χ0) is 24.5. The highest BCUT2D eigenvalue weighted by molar-refractivity contribution is 5.92. The number of rotatable bonds is 12. The molecule has 3 rings (SSSR count). The van der Waals surface area contributed by atoms with Crippen LogP contribution >= 0.6 is 0 Å². The molecule has 1 heterocycles. The van der Waals surface area contributed by atoms with Gasteiger partial charge in [-0.2, -0.15) is 0 Å². The molecule has 0 fully saturated rings. The fourth-order valence-corrected chi connectivity index (χ4v) is 3.78. The van der Waals surface area contributed by atoms with Crippen molar-refractivity contribution in [3.05, 3.63) is 70.6 Å². The van der Waals surface area contributed by atoms with Crippen LogP contribution in [0.25, 0.3) is 5.69 Å². The average Bonchev–Trinajstić information content (AvgIpc) is 3.07. The molecule has 1 atom stereocenters. The molecule has 0 saturated carbocycles. The number of carbonyl (C=O) groups excluding carboxylic acids is 1. The number of aromatic nitrogens is 2. The molecule has 34 heavy (non-hydrogen) atoms. The summed E-state index contributed by atoms with van der Waals surface area (Å²) in [6.45, 7) is 6.69. The SMILES string of the molecule is CCCCC(CC)COc1ccc(OCC(=O)Nc2c(C)n(C)n(-c3ccccc3)c2=O)cc1. The molecular formula is C27H35N3O4. The lowest BCUT2D eigenvalue weighted by Crippen LogP contribution is -2.25. The first kappa shape index (κ1) is 25.1. The molecule has 1 unspecified atom stereocenters. The molecule has 1 N–H and O–H groups in total. The second-order valence-electron chi connectivity index (χ2n) is 8.47. The van der Waals surface area contributed by atoms with Crippen LogP contribution in [0, 0.1) is 12.8 Å². The molecule has 182 valence electrons. The van der Waals surface area contributed by atoms with E-state index in [1.54, 1.807) is 30.8 Å². The van der Waals surface area contributed by atoms with Gasteiger partial charge in [-0.05, 0) is 55.7 Å². The quantitative estimate of drug-likeness (QED) is 0.404. The summed E-state index contributed by atoms with van der Waals surface area (Å²) in [4.78, 5) is 25.4. The van der Waals surface area contributed by atoms with Gasteiger partial charge in [0.15, 0.2) is 6.61 Å². The van der Waals surface area contributed by atoms with E-state index in [1.807, 2.05) is 42.5 Å².